The Morgan fingerprint density at radius 3 is 1.91 bits per heavy atom. The average molecular weight is 172 g/mol. The number of aliphatic hydroxyl groups is 2. The zero-order valence-corrected chi connectivity index (χ0v) is 6.10. The molecular weight excluding hydrogens is 161 g/mol. The molecular formula is C6H11F3O2. The van der Waals surface area contributed by atoms with Gasteiger partial charge in [0.05, 0.1) is 6.10 Å². The Labute approximate surface area is 62.6 Å². The SMILES string of the molecule is CC(O)CCC(O)C(F)(F)F. The minimum absolute atomic E-state index is 0.0410. The smallest absolute Gasteiger partial charge is 0.393 e. The summed E-state index contributed by atoms with van der Waals surface area (Å²) in [4.78, 5) is 0. The fraction of sp³-hybridized carbons (Fsp3) is 1.00. The lowest BCUT2D eigenvalue weighted by atomic mass is 10.1. The highest BCUT2D eigenvalue weighted by Gasteiger charge is 2.37. The molecule has 5 heteroatoms. The maximum absolute atomic E-state index is 11.6. The average Bonchev–Trinajstić information content (AvgIpc) is 1.80. The summed E-state index contributed by atoms with van der Waals surface area (Å²) >= 11 is 0. The Balaban J connectivity index is 3.61. The predicted octanol–water partition coefficient (Wildman–Crippen LogP) is 1.07. The molecule has 2 nitrogen and oxygen atoms in total. The first-order valence-corrected chi connectivity index (χ1v) is 3.27. The molecule has 0 aliphatic heterocycles. The van der Waals surface area contributed by atoms with Gasteiger partial charge in [-0.05, 0) is 19.8 Å². The van der Waals surface area contributed by atoms with Crippen LogP contribution in [0.15, 0.2) is 0 Å². The normalized spacial score (nSPS) is 18.0. The van der Waals surface area contributed by atoms with Gasteiger partial charge in [0.1, 0.15) is 6.10 Å². The van der Waals surface area contributed by atoms with Crippen molar-refractivity contribution < 1.29 is 23.4 Å². The van der Waals surface area contributed by atoms with Gasteiger partial charge in [0.2, 0.25) is 0 Å². The maximum atomic E-state index is 11.6. The summed E-state index contributed by atoms with van der Waals surface area (Å²) in [5, 5.41) is 17.0. The number of aliphatic hydroxyl groups excluding tert-OH is 2. The van der Waals surface area contributed by atoms with Crippen LogP contribution in [0.5, 0.6) is 0 Å². The molecule has 0 aromatic rings. The van der Waals surface area contributed by atoms with Gasteiger partial charge in [0.15, 0.2) is 0 Å². The molecule has 68 valence electrons. The van der Waals surface area contributed by atoms with Crippen LogP contribution in [0.2, 0.25) is 0 Å². The molecule has 0 aliphatic carbocycles. The second-order valence-electron chi connectivity index (χ2n) is 2.48. The third kappa shape index (κ3) is 5.03. The van der Waals surface area contributed by atoms with Crippen molar-refractivity contribution in [1.82, 2.24) is 0 Å². The number of rotatable bonds is 3. The third-order valence-corrected chi connectivity index (χ3v) is 1.24. The van der Waals surface area contributed by atoms with E-state index in [9.17, 15) is 13.2 Å². The molecule has 2 unspecified atom stereocenters. The van der Waals surface area contributed by atoms with Gasteiger partial charge in [-0.3, -0.25) is 0 Å². The topological polar surface area (TPSA) is 40.5 Å². The van der Waals surface area contributed by atoms with Gasteiger partial charge in [0.25, 0.3) is 0 Å². The first-order valence-electron chi connectivity index (χ1n) is 3.27. The Hall–Kier alpha value is -0.290. The molecule has 2 N–H and O–H groups in total. The van der Waals surface area contributed by atoms with E-state index in [0.717, 1.165) is 0 Å². The highest BCUT2D eigenvalue weighted by molar-refractivity contribution is 4.65. The van der Waals surface area contributed by atoms with Crippen LogP contribution in [-0.2, 0) is 0 Å². The van der Waals surface area contributed by atoms with E-state index in [1.54, 1.807) is 0 Å². The summed E-state index contributed by atoms with van der Waals surface area (Å²) in [6.45, 7) is 1.38. The summed E-state index contributed by atoms with van der Waals surface area (Å²) in [5.41, 5.74) is 0. The zero-order chi connectivity index (χ0) is 9.07. The van der Waals surface area contributed by atoms with Gasteiger partial charge in [-0.15, -0.1) is 0 Å². The molecule has 2 atom stereocenters. The molecule has 0 spiro atoms. The summed E-state index contributed by atoms with van der Waals surface area (Å²) in [5.74, 6) is 0. The van der Waals surface area contributed by atoms with Gasteiger partial charge < -0.3 is 10.2 Å². The van der Waals surface area contributed by atoms with E-state index in [-0.39, 0.29) is 6.42 Å². The van der Waals surface area contributed by atoms with E-state index in [4.69, 9.17) is 10.2 Å². The molecule has 0 rings (SSSR count). The van der Waals surface area contributed by atoms with Crippen LogP contribution in [0.25, 0.3) is 0 Å². The van der Waals surface area contributed by atoms with Crippen molar-refractivity contribution in [2.45, 2.75) is 38.1 Å². The van der Waals surface area contributed by atoms with E-state index in [0.29, 0.717) is 0 Å². The fourth-order valence-corrected chi connectivity index (χ4v) is 0.563. The lowest BCUT2D eigenvalue weighted by molar-refractivity contribution is -0.206. The zero-order valence-electron chi connectivity index (χ0n) is 6.10. The maximum Gasteiger partial charge on any atom is 0.414 e. The van der Waals surface area contributed by atoms with E-state index >= 15 is 0 Å². The van der Waals surface area contributed by atoms with Crippen molar-refractivity contribution in [2.24, 2.45) is 0 Å². The number of alkyl halides is 3. The highest BCUT2D eigenvalue weighted by atomic mass is 19.4. The van der Waals surface area contributed by atoms with Crippen LogP contribution in [0, 0.1) is 0 Å². The summed E-state index contributed by atoms with van der Waals surface area (Å²) in [7, 11) is 0. The first kappa shape index (κ1) is 10.7. The molecule has 0 saturated heterocycles. The molecule has 11 heavy (non-hydrogen) atoms. The van der Waals surface area contributed by atoms with Gasteiger partial charge in [-0.2, -0.15) is 13.2 Å². The van der Waals surface area contributed by atoms with Crippen molar-refractivity contribution in [2.75, 3.05) is 0 Å². The Bertz CT molecular complexity index is 111. The van der Waals surface area contributed by atoms with Crippen LogP contribution in [-0.4, -0.2) is 28.6 Å². The molecule has 0 heterocycles. The first-order chi connectivity index (χ1) is 4.84. The largest absolute Gasteiger partial charge is 0.414 e. The van der Waals surface area contributed by atoms with Gasteiger partial charge in [-0.25, -0.2) is 0 Å². The molecule has 0 fully saturated rings. The van der Waals surface area contributed by atoms with Crippen LogP contribution in [0.1, 0.15) is 19.8 Å². The van der Waals surface area contributed by atoms with E-state index in [2.05, 4.69) is 0 Å². The Morgan fingerprint density at radius 2 is 1.64 bits per heavy atom. The lowest BCUT2D eigenvalue weighted by Crippen LogP contribution is -2.29. The Morgan fingerprint density at radius 1 is 1.18 bits per heavy atom. The van der Waals surface area contributed by atoms with E-state index in [1.165, 1.54) is 6.92 Å². The third-order valence-electron chi connectivity index (χ3n) is 1.24. The minimum Gasteiger partial charge on any atom is -0.393 e. The second kappa shape index (κ2) is 3.92. The van der Waals surface area contributed by atoms with Crippen molar-refractivity contribution in [3.63, 3.8) is 0 Å². The number of halogens is 3. The molecule has 0 aliphatic rings. The minimum atomic E-state index is -4.56. The van der Waals surface area contributed by atoms with Crippen LogP contribution in [0.3, 0.4) is 0 Å². The number of hydrogen-bond donors (Lipinski definition) is 2. The highest BCUT2D eigenvalue weighted by Crippen LogP contribution is 2.23. The van der Waals surface area contributed by atoms with Gasteiger partial charge in [-0.1, -0.05) is 0 Å². The summed E-state index contributed by atoms with van der Waals surface area (Å²) < 4.78 is 34.7. The molecule has 0 aromatic heterocycles. The monoisotopic (exact) mass is 172 g/mol. The van der Waals surface area contributed by atoms with Crippen LogP contribution >= 0.6 is 0 Å². The fourth-order valence-electron chi connectivity index (χ4n) is 0.563. The van der Waals surface area contributed by atoms with E-state index in [1.807, 2.05) is 0 Å². The Kier molecular flexibility index (Phi) is 3.82. The van der Waals surface area contributed by atoms with Crippen molar-refractivity contribution in [3.05, 3.63) is 0 Å². The quantitative estimate of drug-likeness (QED) is 0.668. The molecule has 0 bridgehead atoms. The van der Waals surface area contributed by atoms with Crippen LogP contribution < -0.4 is 0 Å². The van der Waals surface area contributed by atoms with E-state index < -0.39 is 24.8 Å². The standard InChI is InChI=1S/C6H11F3O2/c1-4(10)2-3-5(11)6(7,8)9/h4-5,10-11H,2-3H2,1H3. The lowest BCUT2D eigenvalue weighted by Gasteiger charge is -2.14. The predicted molar refractivity (Wildman–Crippen MR) is 33.0 cm³/mol. The second-order valence-corrected chi connectivity index (χ2v) is 2.48. The van der Waals surface area contributed by atoms with Gasteiger partial charge >= 0.3 is 6.18 Å². The van der Waals surface area contributed by atoms with Gasteiger partial charge in [0, 0.05) is 0 Å². The van der Waals surface area contributed by atoms with Crippen LogP contribution in [0.4, 0.5) is 13.2 Å². The summed E-state index contributed by atoms with van der Waals surface area (Å²) in [6.07, 6.45) is -8.15. The van der Waals surface area contributed by atoms with Crippen molar-refractivity contribution >= 4 is 0 Å². The van der Waals surface area contributed by atoms with Crippen molar-refractivity contribution in [1.29, 1.82) is 0 Å². The van der Waals surface area contributed by atoms with Crippen molar-refractivity contribution in [3.8, 4) is 0 Å². The molecule has 0 radical (unpaired) electrons. The molecule has 0 amide bonds. The molecule has 0 saturated carbocycles. The number of hydrogen-bond acceptors (Lipinski definition) is 2. The summed E-state index contributed by atoms with van der Waals surface area (Å²) in [6, 6.07) is 0. The molecule has 0 aromatic carbocycles.